The quantitative estimate of drug-likeness (QED) is 0.511. The van der Waals surface area contributed by atoms with E-state index in [1.165, 1.54) is 16.8 Å². The third kappa shape index (κ3) is 3.62. The highest BCUT2D eigenvalue weighted by atomic mass is 19.1. The largest absolute Gasteiger partial charge is 0.368 e. The van der Waals surface area contributed by atoms with Gasteiger partial charge in [0, 0.05) is 42.3 Å². The lowest BCUT2D eigenvalue weighted by molar-refractivity contribution is 0.102. The first-order chi connectivity index (χ1) is 15.4. The summed E-state index contributed by atoms with van der Waals surface area (Å²) in [6.07, 6.45) is 3.15. The molecule has 0 radical (unpaired) electrons. The minimum Gasteiger partial charge on any atom is -0.368 e. The van der Waals surface area contributed by atoms with Gasteiger partial charge in [0.1, 0.15) is 11.3 Å². The Morgan fingerprint density at radius 1 is 1.22 bits per heavy atom. The molecule has 0 bridgehead atoms. The summed E-state index contributed by atoms with van der Waals surface area (Å²) in [5.74, 6) is -0.522. The highest BCUT2D eigenvalue weighted by molar-refractivity contribution is 6.13. The van der Waals surface area contributed by atoms with E-state index in [4.69, 9.17) is 0 Å². The molecule has 1 aliphatic rings. The molecule has 10 heteroatoms. The molecule has 0 saturated carbocycles. The van der Waals surface area contributed by atoms with Gasteiger partial charge < -0.3 is 15.5 Å². The van der Waals surface area contributed by atoms with E-state index >= 15 is 0 Å². The first-order valence-electron chi connectivity index (χ1n) is 10.5. The number of benzene rings is 1. The molecule has 1 fully saturated rings. The van der Waals surface area contributed by atoms with Gasteiger partial charge >= 0.3 is 0 Å². The maximum Gasteiger partial charge on any atom is 0.257 e. The zero-order valence-corrected chi connectivity index (χ0v) is 18.0. The lowest BCUT2D eigenvalue weighted by atomic mass is 10.0. The standard InChI is InChI=1S/C22H23FN8O/c1-12-9-30(10-13(2)25-12)19-5-4-17(20-16(19)6-7-24-28-20)22(32)27-15-8-18(23)21-26-14(3)29-31(21)11-15/h4-8,11-13,25H,9-10H2,1-3H3,(H,27,32)/t12-,13+. The van der Waals surface area contributed by atoms with Gasteiger partial charge in [-0.3, -0.25) is 4.79 Å². The molecule has 5 rings (SSSR count). The number of nitrogens with one attached hydrogen (secondary N) is 2. The maximum absolute atomic E-state index is 14.4. The molecule has 4 heterocycles. The summed E-state index contributed by atoms with van der Waals surface area (Å²) >= 11 is 0. The minimum atomic E-state index is -0.564. The van der Waals surface area contributed by atoms with E-state index in [9.17, 15) is 9.18 Å². The van der Waals surface area contributed by atoms with Gasteiger partial charge in [-0.05, 0) is 39.0 Å². The van der Waals surface area contributed by atoms with E-state index in [0.29, 0.717) is 29.0 Å². The number of aromatic nitrogens is 5. The Kier molecular flexibility index (Phi) is 4.93. The van der Waals surface area contributed by atoms with Gasteiger partial charge in [-0.2, -0.15) is 10.2 Å². The summed E-state index contributed by atoms with van der Waals surface area (Å²) in [5.41, 5.74) is 2.26. The Morgan fingerprint density at radius 2 is 2.00 bits per heavy atom. The molecule has 0 aliphatic carbocycles. The van der Waals surface area contributed by atoms with Crippen LogP contribution in [-0.4, -0.2) is 55.9 Å². The van der Waals surface area contributed by atoms with Crippen LogP contribution in [0, 0.1) is 12.7 Å². The SMILES string of the molecule is Cc1nc2c(F)cc(NC(=O)c3ccc(N4C[C@@H](C)N[C@@H](C)C4)c4ccnnc34)cn2n1. The van der Waals surface area contributed by atoms with Crippen LogP contribution in [0.25, 0.3) is 16.6 Å². The van der Waals surface area contributed by atoms with Crippen LogP contribution in [0.15, 0.2) is 36.7 Å². The molecule has 0 unspecified atom stereocenters. The van der Waals surface area contributed by atoms with E-state index < -0.39 is 11.7 Å². The number of hydrogen-bond donors (Lipinski definition) is 2. The third-order valence-corrected chi connectivity index (χ3v) is 5.55. The van der Waals surface area contributed by atoms with Crippen LogP contribution in [0.5, 0.6) is 0 Å². The molecule has 2 N–H and O–H groups in total. The average Bonchev–Trinajstić information content (AvgIpc) is 3.13. The molecule has 32 heavy (non-hydrogen) atoms. The monoisotopic (exact) mass is 434 g/mol. The third-order valence-electron chi connectivity index (χ3n) is 5.55. The summed E-state index contributed by atoms with van der Waals surface area (Å²) in [6.45, 7) is 7.68. The van der Waals surface area contributed by atoms with Gasteiger partial charge in [-0.25, -0.2) is 13.9 Å². The zero-order valence-electron chi connectivity index (χ0n) is 18.0. The van der Waals surface area contributed by atoms with Crippen LogP contribution in [0.3, 0.4) is 0 Å². The van der Waals surface area contributed by atoms with Crippen molar-refractivity contribution in [1.82, 2.24) is 30.1 Å². The zero-order chi connectivity index (χ0) is 22.4. The number of fused-ring (bicyclic) bond motifs is 2. The van der Waals surface area contributed by atoms with Crippen LogP contribution >= 0.6 is 0 Å². The molecule has 0 spiro atoms. The Bertz CT molecular complexity index is 1330. The number of halogens is 1. The van der Waals surface area contributed by atoms with Crippen LogP contribution < -0.4 is 15.5 Å². The van der Waals surface area contributed by atoms with Gasteiger partial charge in [0.2, 0.25) is 0 Å². The topological polar surface area (TPSA) is 100 Å². The predicted octanol–water partition coefficient (Wildman–Crippen LogP) is 2.56. The Morgan fingerprint density at radius 3 is 2.78 bits per heavy atom. The second kappa shape index (κ2) is 7.79. The first kappa shape index (κ1) is 20.3. The fourth-order valence-corrected chi connectivity index (χ4v) is 4.37. The van der Waals surface area contributed by atoms with Crippen LogP contribution in [0.4, 0.5) is 15.8 Å². The van der Waals surface area contributed by atoms with E-state index in [1.807, 2.05) is 12.1 Å². The second-order valence-electron chi connectivity index (χ2n) is 8.26. The molecule has 2 atom stereocenters. The van der Waals surface area contributed by atoms with E-state index in [2.05, 4.69) is 49.7 Å². The molecule has 1 amide bonds. The van der Waals surface area contributed by atoms with Crippen LogP contribution in [0.1, 0.15) is 30.0 Å². The van der Waals surface area contributed by atoms with E-state index in [0.717, 1.165) is 24.2 Å². The number of carbonyl (C=O) groups excluding carboxylic acids is 1. The fraction of sp³-hybridized carbons (Fsp3) is 0.318. The highest BCUT2D eigenvalue weighted by Gasteiger charge is 2.24. The van der Waals surface area contributed by atoms with Crippen molar-refractivity contribution in [3.8, 4) is 0 Å². The number of aryl methyl sites for hydroxylation is 1. The average molecular weight is 434 g/mol. The minimum absolute atomic E-state index is 0.112. The smallest absolute Gasteiger partial charge is 0.257 e. The van der Waals surface area contributed by atoms with Gasteiger partial charge in [0.15, 0.2) is 11.5 Å². The second-order valence-corrected chi connectivity index (χ2v) is 8.26. The van der Waals surface area contributed by atoms with E-state index in [-0.39, 0.29) is 11.3 Å². The van der Waals surface area contributed by atoms with Crippen molar-refractivity contribution in [1.29, 1.82) is 0 Å². The van der Waals surface area contributed by atoms with Crippen molar-refractivity contribution >= 4 is 33.8 Å². The van der Waals surface area contributed by atoms with Crippen molar-refractivity contribution in [2.24, 2.45) is 0 Å². The van der Waals surface area contributed by atoms with Gasteiger partial charge in [0.05, 0.1) is 23.6 Å². The van der Waals surface area contributed by atoms with Gasteiger partial charge in [-0.1, -0.05) is 0 Å². The molecule has 1 aromatic carbocycles. The summed E-state index contributed by atoms with van der Waals surface area (Å²) in [4.78, 5) is 19.4. The molecular formula is C22H23FN8O. The van der Waals surface area contributed by atoms with Crippen molar-refractivity contribution in [2.45, 2.75) is 32.9 Å². The summed E-state index contributed by atoms with van der Waals surface area (Å²) in [6, 6.07) is 7.47. The number of carbonyl (C=O) groups is 1. The molecule has 164 valence electrons. The highest BCUT2D eigenvalue weighted by Crippen LogP contribution is 2.30. The molecular weight excluding hydrogens is 411 g/mol. The maximum atomic E-state index is 14.4. The van der Waals surface area contributed by atoms with Crippen molar-refractivity contribution in [3.05, 3.63) is 53.9 Å². The normalized spacial score (nSPS) is 18.9. The molecule has 1 saturated heterocycles. The van der Waals surface area contributed by atoms with Crippen molar-refractivity contribution in [2.75, 3.05) is 23.3 Å². The lowest BCUT2D eigenvalue weighted by Gasteiger charge is -2.38. The Labute approximate surface area is 183 Å². The van der Waals surface area contributed by atoms with Gasteiger partial charge in [-0.15, -0.1) is 5.10 Å². The molecule has 4 aromatic rings. The first-order valence-corrected chi connectivity index (χ1v) is 10.5. The van der Waals surface area contributed by atoms with E-state index in [1.54, 1.807) is 19.2 Å². The molecule has 9 nitrogen and oxygen atoms in total. The van der Waals surface area contributed by atoms with Crippen LogP contribution in [-0.2, 0) is 0 Å². The Hall–Kier alpha value is -3.66. The molecule has 1 aliphatic heterocycles. The predicted molar refractivity (Wildman–Crippen MR) is 119 cm³/mol. The number of rotatable bonds is 3. The lowest BCUT2D eigenvalue weighted by Crippen LogP contribution is -2.54. The van der Waals surface area contributed by atoms with Gasteiger partial charge in [0.25, 0.3) is 5.91 Å². The number of pyridine rings is 1. The van der Waals surface area contributed by atoms with Crippen LogP contribution in [0.2, 0.25) is 0 Å². The van der Waals surface area contributed by atoms with Crippen molar-refractivity contribution in [3.63, 3.8) is 0 Å². The number of piperazine rings is 1. The summed E-state index contributed by atoms with van der Waals surface area (Å²) in [5, 5.41) is 19.5. The molecule has 3 aromatic heterocycles. The number of nitrogens with zero attached hydrogens (tertiary/aromatic N) is 6. The summed E-state index contributed by atoms with van der Waals surface area (Å²) < 4.78 is 15.7. The number of amides is 1. The summed E-state index contributed by atoms with van der Waals surface area (Å²) in [7, 11) is 0. The van der Waals surface area contributed by atoms with Crippen molar-refractivity contribution < 1.29 is 9.18 Å². The number of anilines is 2. The number of hydrogen-bond acceptors (Lipinski definition) is 7. The Balaban J connectivity index is 1.50. The fourth-order valence-electron chi connectivity index (χ4n) is 4.37.